The highest BCUT2D eigenvalue weighted by molar-refractivity contribution is 5.78. The van der Waals surface area contributed by atoms with Crippen LogP contribution in [0.1, 0.15) is 31.2 Å². The maximum Gasteiger partial charge on any atom is 0.317 e. The van der Waals surface area contributed by atoms with Gasteiger partial charge in [0.2, 0.25) is 5.91 Å². The lowest BCUT2D eigenvalue weighted by Gasteiger charge is -2.27. The van der Waals surface area contributed by atoms with Crippen LogP contribution in [0.15, 0.2) is 30.3 Å². The van der Waals surface area contributed by atoms with E-state index in [9.17, 15) is 9.59 Å². The van der Waals surface area contributed by atoms with E-state index in [1.165, 1.54) is 0 Å². The number of hydrogen-bond donors (Lipinski definition) is 1. The number of likely N-dealkylation sites (N-methyl/N-ethyl adjacent to an activating group) is 1. The first kappa shape index (κ1) is 19.2. The second kappa shape index (κ2) is 10.0. The highest BCUT2D eigenvalue weighted by atomic mass is 16.5. The first-order valence-electron chi connectivity index (χ1n) is 8.94. The Labute approximate surface area is 150 Å². The number of carbonyl (C=O) groups excluding carboxylic acids is 2. The van der Waals surface area contributed by atoms with E-state index in [1.807, 2.05) is 30.3 Å². The van der Waals surface area contributed by atoms with Crippen molar-refractivity contribution in [3.05, 3.63) is 35.9 Å². The minimum Gasteiger partial charge on any atom is -0.376 e. The number of rotatable bonds is 7. The highest BCUT2D eigenvalue weighted by Gasteiger charge is 2.19. The summed E-state index contributed by atoms with van der Waals surface area (Å²) in [6.07, 6.45) is 3.73. The summed E-state index contributed by atoms with van der Waals surface area (Å²) < 4.78 is 5.66. The summed E-state index contributed by atoms with van der Waals surface area (Å²) in [6, 6.07) is 9.64. The minimum atomic E-state index is -0.171. The van der Waals surface area contributed by atoms with E-state index in [4.69, 9.17) is 4.74 Å². The van der Waals surface area contributed by atoms with Gasteiger partial charge in [-0.15, -0.1) is 0 Å². The number of hydrogen-bond acceptors (Lipinski definition) is 3. The van der Waals surface area contributed by atoms with Crippen LogP contribution in [0, 0.1) is 0 Å². The standard InChI is InChI=1S/C19H29N3O3/c1-21(15-17-10-6-7-13-25-17)18(23)11-12-20-19(24)22(2)14-16-8-4-3-5-9-16/h3-5,8-9,17H,6-7,10-15H2,1-2H3,(H,20,24)/t17-/m0/s1. The Balaban J connectivity index is 1.64. The lowest BCUT2D eigenvalue weighted by Crippen LogP contribution is -2.41. The molecule has 1 aliphatic rings. The third-order valence-corrected chi connectivity index (χ3v) is 4.40. The van der Waals surface area contributed by atoms with Gasteiger partial charge in [0, 0.05) is 46.8 Å². The first-order chi connectivity index (χ1) is 12.1. The fraction of sp³-hybridized carbons (Fsp3) is 0.579. The Bertz CT molecular complexity index is 544. The molecule has 138 valence electrons. The molecule has 1 aromatic rings. The zero-order valence-corrected chi connectivity index (χ0v) is 15.2. The summed E-state index contributed by atoms with van der Waals surface area (Å²) in [7, 11) is 3.54. The molecule has 1 fully saturated rings. The molecule has 0 spiro atoms. The molecular formula is C19H29N3O3. The van der Waals surface area contributed by atoms with E-state index >= 15 is 0 Å². The van der Waals surface area contributed by atoms with Crippen molar-refractivity contribution in [2.24, 2.45) is 0 Å². The van der Waals surface area contributed by atoms with Gasteiger partial charge in [0.1, 0.15) is 0 Å². The van der Waals surface area contributed by atoms with Gasteiger partial charge in [-0.1, -0.05) is 30.3 Å². The number of benzene rings is 1. The summed E-state index contributed by atoms with van der Waals surface area (Å²) >= 11 is 0. The fourth-order valence-corrected chi connectivity index (χ4v) is 2.89. The molecule has 1 atom stereocenters. The molecule has 0 aromatic heterocycles. The summed E-state index contributed by atoms with van der Waals surface area (Å²) in [5.74, 6) is 0.0279. The summed E-state index contributed by atoms with van der Waals surface area (Å²) in [4.78, 5) is 27.6. The van der Waals surface area contributed by atoms with Crippen LogP contribution in [-0.2, 0) is 16.1 Å². The number of amides is 3. The van der Waals surface area contributed by atoms with Gasteiger partial charge in [0.15, 0.2) is 0 Å². The molecule has 6 nitrogen and oxygen atoms in total. The second-order valence-electron chi connectivity index (χ2n) is 6.59. The molecule has 0 unspecified atom stereocenters. The van der Waals surface area contributed by atoms with Crippen molar-refractivity contribution in [2.45, 2.75) is 38.3 Å². The van der Waals surface area contributed by atoms with Gasteiger partial charge in [-0.25, -0.2) is 4.79 Å². The second-order valence-corrected chi connectivity index (χ2v) is 6.59. The van der Waals surface area contributed by atoms with Gasteiger partial charge in [-0.05, 0) is 24.8 Å². The van der Waals surface area contributed by atoms with Crippen LogP contribution < -0.4 is 5.32 Å². The van der Waals surface area contributed by atoms with Crippen LogP contribution >= 0.6 is 0 Å². The summed E-state index contributed by atoms with van der Waals surface area (Å²) in [5, 5.41) is 2.80. The Morgan fingerprint density at radius 2 is 1.92 bits per heavy atom. The van der Waals surface area contributed by atoms with Crippen molar-refractivity contribution >= 4 is 11.9 Å². The van der Waals surface area contributed by atoms with Gasteiger partial charge in [0.25, 0.3) is 0 Å². The average molecular weight is 347 g/mol. The maximum absolute atomic E-state index is 12.2. The third kappa shape index (κ3) is 6.74. The van der Waals surface area contributed by atoms with Gasteiger partial charge in [-0.2, -0.15) is 0 Å². The molecule has 0 saturated carbocycles. The molecule has 1 heterocycles. The molecule has 1 saturated heterocycles. The number of carbonyl (C=O) groups is 2. The van der Waals surface area contributed by atoms with Crippen LogP contribution in [0.4, 0.5) is 4.79 Å². The van der Waals surface area contributed by atoms with Crippen molar-refractivity contribution in [3.8, 4) is 0 Å². The van der Waals surface area contributed by atoms with Gasteiger partial charge >= 0.3 is 6.03 Å². The maximum atomic E-state index is 12.2. The molecule has 1 N–H and O–H groups in total. The number of nitrogens with one attached hydrogen (secondary N) is 1. The van der Waals surface area contributed by atoms with Crippen molar-refractivity contribution < 1.29 is 14.3 Å². The zero-order valence-electron chi connectivity index (χ0n) is 15.2. The number of nitrogens with zero attached hydrogens (tertiary/aromatic N) is 2. The summed E-state index contributed by atoms with van der Waals surface area (Å²) in [6.45, 7) is 2.30. The van der Waals surface area contributed by atoms with Crippen LogP contribution in [0.3, 0.4) is 0 Å². The molecule has 0 radical (unpaired) electrons. The van der Waals surface area contributed by atoms with Crippen molar-refractivity contribution in [3.63, 3.8) is 0 Å². The molecule has 2 rings (SSSR count). The molecule has 0 aliphatic carbocycles. The molecule has 6 heteroatoms. The van der Waals surface area contributed by atoms with Crippen LogP contribution in [-0.4, -0.2) is 61.6 Å². The Hall–Kier alpha value is -2.08. The predicted molar refractivity (Wildman–Crippen MR) is 97.2 cm³/mol. The summed E-state index contributed by atoms with van der Waals surface area (Å²) in [5.41, 5.74) is 1.07. The topological polar surface area (TPSA) is 61.9 Å². The Kier molecular flexibility index (Phi) is 7.73. The molecule has 1 aliphatic heterocycles. The van der Waals surface area contributed by atoms with Gasteiger partial charge in [0.05, 0.1) is 6.10 Å². The van der Waals surface area contributed by atoms with Crippen molar-refractivity contribution in [1.82, 2.24) is 15.1 Å². The Morgan fingerprint density at radius 1 is 1.16 bits per heavy atom. The molecule has 0 bridgehead atoms. The molecule has 3 amide bonds. The van der Waals surface area contributed by atoms with Crippen LogP contribution in [0.5, 0.6) is 0 Å². The quantitative estimate of drug-likeness (QED) is 0.823. The van der Waals surface area contributed by atoms with Gasteiger partial charge in [-0.3, -0.25) is 4.79 Å². The normalized spacial score (nSPS) is 17.0. The van der Waals surface area contributed by atoms with Gasteiger partial charge < -0.3 is 19.9 Å². The van der Waals surface area contributed by atoms with Crippen molar-refractivity contribution in [1.29, 1.82) is 0 Å². The molecule has 1 aromatic carbocycles. The number of urea groups is 1. The molecular weight excluding hydrogens is 318 g/mol. The fourth-order valence-electron chi connectivity index (χ4n) is 2.89. The average Bonchev–Trinajstić information content (AvgIpc) is 2.63. The van der Waals surface area contributed by atoms with Crippen LogP contribution in [0.25, 0.3) is 0 Å². The SMILES string of the molecule is CN(C[C@@H]1CCCCO1)C(=O)CCNC(=O)N(C)Cc1ccccc1. The highest BCUT2D eigenvalue weighted by Crippen LogP contribution is 2.13. The van der Waals surface area contributed by atoms with E-state index < -0.39 is 0 Å². The number of ether oxygens (including phenoxy) is 1. The minimum absolute atomic E-state index is 0.0279. The monoisotopic (exact) mass is 347 g/mol. The van der Waals surface area contributed by atoms with Crippen LogP contribution in [0.2, 0.25) is 0 Å². The van der Waals surface area contributed by atoms with E-state index in [2.05, 4.69) is 5.32 Å². The third-order valence-electron chi connectivity index (χ3n) is 4.40. The lowest BCUT2D eigenvalue weighted by atomic mass is 10.1. The van der Waals surface area contributed by atoms with E-state index in [-0.39, 0.29) is 18.0 Å². The lowest BCUT2D eigenvalue weighted by molar-refractivity contribution is -0.132. The largest absolute Gasteiger partial charge is 0.376 e. The van der Waals surface area contributed by atoms with E-state index in [1.54, 1.807) is 23.9 Å². The first-order valence-corrected chi connectivity index (χ1v) is 8.94. The zero-order chi connectivity index (χ0) is 18.1. The molecule has 25 heavy (non-hydrogen) atoms. The smallest absolute Gasteiger partial charge is 0.317 e. The Morgan fingerprint density at radius 3 is 2.60 bits per heavy atom. The van der Waals surface area contributed by atoms with E-state index in [0.717, 1.165) is 31.4 Å². The van der Waals surface area contributed by atoms with E-state index in [0.29, 0.717) is 26.1 Å². The van der Waals surface area contributed by atoms with Crippen molar-refractivity contribution in [2.75, 3.05) is 33.8 Å². The predicted octanol–water partition coefficient (Wildman–Crippen LogP) is 2.25.